The highest BCUT2D eigenvalue weighted by atomic mass is 79.9. The Balaban J connectivity index is 1.91. The summed E-state index contributed by atoms with van der Waals surface area (Å²) in [5.41, 5.74) is 0.315. The molecule has 4 nitrogen and oxygen atoms in total. The van der Waals surface area contributed by atoms with Gasteiger partial charge in [0.25, 0.3) is 5.91 Å². The van der Waals surface area contributed by atoms with Gasteiger partial charge in [-0.1, -0.05) is 0 Å². The zero-order valence-corrected chi connectivity index (χ0v) is 11.9. The second-order valence-electron chi connectivity index (χ2n) is 4.01. The standard InChI is InChI=1S/C11H14BrNO3S/c1-15-11(2-3-16-7-11)6-13-10(14)8-4-9(12)17-5-8/h4-5H,2-3,6-7H2,1H3,(H,13,14). The fourth-order valence-corrected chi connectivity index (χ4v) is 2.87. The van der Waals surface area contributed by atoms with Crippen LogP contribution in [0.1, 0.15) is 16.8 Å². The van der Waals surface area contributed by atoms with E-state index in [1.807, 2.05) is 11.4 Å². The van der Waals surface area contributed by atoms with Gasteiger partial charge in [-0.15, -0.1) is 11.3 Å². The summed E-state index contributed by atoms with van der Waals surface area (Å²) < 4.78 is 11.7. The van der Waals surface area contributed by atoms with E-state index in [2.05, 4.69) is 21.2 Å². The zero-order chi connectivity index (χ0) is 12.3. The lowest BCUT2D eigenvalue weighted by Gasteiger charge is -2.25. The number of rotatable bonds is 4. The Kier molecular flexibility index (Phi) is 4.19. The first-order chi connectivity index (χ1) is 8.15. The van der Waals surface area contributed by atoms with E-state index in [0.29, 0.717) is 25.3 Å². The van der Waals surface area contributed by atoms with Crippen molar-refractivity contribution < 1.29 is 14.3 Å². The highest BCUT2D eigenvalue weighted by Gasteiger charge is 2.35. The quantitative estimate of drug-likeness (QED) is 0.924. The Morgan fingerprint density at radius 3 is 3.12 bits per heavy atom. The van der Waals surface area contributed by atoms with Crippen molar-refractivity contribution in [2.75, 3.05) is 26.9 Å². The maximum Gasteiger partial charge on any atom is 0.252 e. The van der Waals surface area contributed by atoms with Crippen LogP contribution in [-0.2, 0) is 9.47 Å². The summed E-state index contributed by atoms with van der Waals surface area (Å²) >= 11 is 4.83. The average molecular weight is 320 g/mol. The number of amides is 1. The van der Waals surface area contributed by atoms with Crippen molar-refractivity contribution in [1.82, 2.24) is 5.32 Å². The molecule has 1 aliphatic rings. The molecule has 1 saturated heterocycles. The van der Waals surface area contributed by atoms with Gasteiger partial charge < -0.3 is 14.8 Å². The number of methoxy groups -OCH3 is 1. The second-order valence-corrected chi connectivity index (χ2v) is 6.30. The first-order valence-electron chi connectivity index (χ1n) is 5.30. The van der Waals surface area contributed by atoms with Crippen LogP contribution in [-0.4, -0.2) is 38.4 Å². The van der Waals surface area contributed by atoms with Crippen LogP contribution in [0.15, 0.2) is 15.2 Å². The molecule has 0 saturated carbocycles. The van der Waals surface area contributed by atoms with E-state index < -0.39 is 0 Å². The Labute approximate surface area is 112 Å². The molecule has 6 heteroatoms. The van der Waals surface area contributed by atoms with Crippen LogP contribution in [0.2, 0.25) is 0 Å². The molecule has 17 heavy (non-hydrogen) atoms. The average Bonchev–Trinajstić information content (AvgIpc) is 2.95. The lowest BCUT2D eigenvalue weighted by molar-refractivity contribution is -0.0148. The van der Waals surface area contributed by atoms with Crippen molar-refractivity contribution in [3.63, 3.8) is 0 Å². The van der Waals surface area contributed by atoms with Crippen LogP contribution in [0.25, 0.3) is 0 Å². The van der Waals surface area contributed by atoms with Crippen molar-refractivity contribution in [2.45, 2.75) is 12.0 Å². The number of carbonyl (C=O) groups excluding carboxylic acids is 1. The van der Waals surface area contributed by atoms with E-state index >= 15 is 0 Å². The fourth-order valence-electron chi connectivity index (χ4n) is 1.73. The van der Waals surface area contributed by atoms with Crippen LogP contribution in [0.5, 0.6) is 0 Å². The first-order valence-corrected chi connectivity index (χ1v) is 6.98. The van der Waals surface area contributed by atoms with Crippen LogP contribution < -0.4 is 5.32 Å². The minimum absolute atomic E-state index is 0.0738. The molecule has 0 bridgehead atoms. The van der Waals surface area contributed by atoms with Gasteiger partial charge in [0, 0.05) is 32.1 Å². The molecule has 1 fully saturated rings. The normalized spacial score (nSPS) is 23.9. The maximum atomic E-state index is 11.9. The molecule has 2 rings (SSSR count). The predicted octanol–water partition coefficient (Wildman–Crippen LogP) is 2.05. The Bertz CT molecular complexity index is 401. The number of halogens is 1. The lowest BCUT2D eigenvalue weighted by Crippen LogP contribution is -2.44. The molecule has 1 unspecified atom stereocenters. The topological polar surface area (TPSA) is 47.6 Å². The summed E-state index contributed by atoms with van der Waals surface area (Å²) in [6, 6.07) is 1.81. The second kappa shape index (κ2) is 5.48. The van der Waals surface area contributed by atoms with Crippen LogP contribution >= 0.6 is 27.3 Å². The SMILES string of the molecule is COC1(CNC(=O)c2csc(Br)c2)CCOC1. The van der Waals surface area contributed by atoms with Crippen molar-refractivity contribution in [2.24, 2.45) is 0 Å². The summed E-state index contributed by atoms with van der Waals surface area (Å²) in [4.78, 5) is 11.9. The Morgan fingerprint density at radius 2 is 2.59 bits per heavy atom. The van der Waals surface area contributed by atoms with Crippen LogP contribution in [0.3, 0.4) is 0 Å². The van der Waals surface area contributed by atoms with E-state index in [9.17, 15) is 4.79 Å². The van der Waals surface area contributed by atoms with Gasteiger partial charge in [-0.05, 0) is 22.0 Å². The van der Waals surface area contributed by atoms with Gasteiger partial charge in [-0.25, -0.2) is 0 Å². The minimum atomic E-state index is -0.358. The predicted molar refractivity (Wildman–Crippen MR) is 69.5 cm³/mol. The smallest absolute Gasteiger partial charge is 0.252 e. The number of hydrogen-bond donors (Lipinski definition) is 1. The molecule has 0 aromatic carbocycles. The lowest BCUT2D eigenvalue weighted by atomic mass is 10.0. The van der Waals surface area contributed by atoms with Crippen LogP contribution in [0.4, 0.5) is 0 Å². The number of carbonyl (C=O) groups is 1. The number of nitrogens with one attached hydrogen (secondary N) is 1. The van der Waals surface area contributed by atoms with E-state index in [1.54, 1.807) is 7.11 Å². The van der Waals surface area contributed by atoms with Gasteiger partial charge in [0.15, 0.2) is 0 Å². The van der Waals surface area contributed by atoms with E-state index in [0.717, 1.165) is 10.2 Å². The molecular formula is C11H14BrNO3S. The van der Waals surface area contributed by atoms with Gasteiger partial charge in [0.1, 0.15) is 5.60 Å². The summed E-state index contributed by atoms with van der Waals surface area (Å²) in [6.45, 7) is 1.71. The molecule has 0 aliphatic carbocycles. The molecule has 1 amide bonds. The van der Waals surface area contributed by atoms with Crippen LogP contribution in [0, 0.1) is 0 Å². The first kappa shape index (κ1) is 13.0. The monoisotopic (exact) mass is 319 g/mol. The van der Waals surface area contributed by atoms with E-state index in [-0.39, 0.29) is 11.5 Å². The van der Waals surface area contributed by atoms with E-state index in [1.165, 1.54) is 11.3 Å². The Hall–Kier alpha value is -0.430. The molecular weight excluding hydrogens is 306 g/mol. The maximum absolute atomic E-state index is 11.9. The van der Waals surface area contributed by atoms with Gasteiger partial charge in [-0.3, -0.25) is 4.79 Å². The zero-order valence-electron chi connectivity index (χ0n) is 9.49. The summed E-state index contributed by atoms with van der Waals surface area (Å²) in [5.74, 6) is -0.0738. The van der Waals surface area contributed by atoms with Gasteiger partial charge in [0.2, 0.25) is 0 Å². The molecule has 1 N–H and O–H groups in total. The summed E-state index contributed by atoms with van der Waals surface area (Å²) in [6.07, 6.45) is 0.817. The third-order valence-electron chi connectivity index (χ3n) is 2.90. The third-order valence-corrected chi connectivity index (χ3v) is 4.41. The summed E-state index contributed by atoms with van der Waals surface area (Å²) in [5, 5.41) is 4.71. The Morgan fingerprint density at radius 1 is 1.76 bits per heavy atom. The van der Waals surface area contributed by atoms with Crippen molar-refractivity contribution in [1.29, 1.82) is 0 Å². The molecule has 1 atom stereocenters. The third kappa shape index (κ3) is 3.07. The van der Waals surface area contributed by atoms with Crippen molar-refractivity contribution >= 4 is 33.2 Å². The van der Waals surface area contributed by atoms with Gasteiger partial charge >= 0.3 is 0 Å². The van der Waals surface area contributed by atoms with Gasteiger partial charge in [-0.2, -0.15) is 0 Å². The molecule has 0 spiro atoms. The van der Waals surface area contributed by atoms with E-state index in [4.69, 9.17) is 9.47 Å². The highest BCUT2D eigenvalue weighted by molar-refractivity contribution is 9.11. The molecule has 1 aromatic rings. The molecule has 1 aromatic heterocycles. The highest BCUT2D eigenvalue weighted by Crippen LogP contribution is 2.23. The van der Waals surface area contributed by atoms with Gasteiger partial charge in [0.05, 0.1) is 16.0 Å². The molecule has 0 radical (unpaired) electrons. The van der Waals surface area contributed by atoms with Crippen molar-refractivity contribution in [3.8, 4) is 0 Å². The molecule has 2 heterocycles. The number of ether oxygens (including phenoxy) is 2. The minimum Gasteiger partial charge on any atom is -0.378 e. The molecule has 1 aliphatic heterocycles. The summed E-state index contributed by atoms with van der Waals surface area (Å²) in [7, 11) is 1.65. The number of thiophene rings is 1. The largest absolute Gasteiger partial charge is 0.378 e. The van der Waals surface area contributed by atoms with Crippen molar-refractivity contribution in [3.05, 3.63) is 20.8 Å². The molecule has 94 valence electrons. The number of hydrogen-bond acceptors (Lipinski definition) is 4. The fraction of sp³-hybridized carbons (Fsp3) is 0.545.